The van der Waals surface area contributed by atoms with Crippen molar-refractivity contribution < 1.29 is 9.90 Å². The molecule has 0 aromatic carbocycles. The van der Waals surface area contributed by atoms with Gasteiger partial charge in [0.15, 0.2) is 5.69 Å². The van der Waals surface area contributed by atoms with E-state index in [0.717, 1.165) is 12.8 Å². The Morgan fingerprint density at radius 1 is 1.56 bits per heavy atom. The second-order valence-corrected chi connectivity index (χ2v) is 5.03. The molecule has 1 aromatic heterocycles. The average molecular weight is 249 g/mol. The number of aromatic hydroxyl groups is 1. The fraction of sp³-hybridized carbons (Fsp3) is 0.538. The first kappa shape index (κ1) is 12.8. The molecule has 18 heavy (non-hydrogen) atoms. The van der Waals surface area contributed by atoms with E-state index in [4.69, 9.17) is 0 Å². The quantitative estimate of drug-likeness (QED) is 0.835. The van der Waals surface area contributed by atoms with Gasteiger partial charge >= 0.3 is 0 Å². The monoisotopic (exact) mass is 249 g/mol. The predicted molar refractivity (Wildman–Crippen MR) is 68.5 cm³/mol. The zero-order valence-electron chi connectivity index (χ0n) is 10.8. The van der Waals surface area contributed by atoms with Crippen molar-refractivity contribution in [1.82, 2.24) is 15.2 Å². The Kier molecular flexibility index (Phi) is 3.52. The number of pyridine rings is 1. The van der Waals surface area contributed by atoms with E-state index in [1.165, 1.54) is 18.7 Å². The minimum Gasteiger partial charge on any atom is -0.505 e. The van der Waals surface area contributed by atoms with Gasteiger partial charge in [-0.25, -0.2) is 4.98 Å². The highest BCUT2D eigenvalue weighted by Gasteiger charge is 2.39. The molecule has 0 saturated heterocycles. The molecule has 1 aromatic rings. The largest absolute Gasteiger partial charge is 0.505 e. The number of nitrogens with zero attached hydrogens (tertiary/aromatic N) is 2. The van der Waals surface area contributed by atoms with Gasteiger partial charge in [0.25, 0.3) is 5.91 Å². The Balaban J connectivity index is 1.99. The minimum absolute atomic E-state index is 0.0695. The average Bonchev–Trinajstić information content (AvgIpc) is 2.27. The zero-order chi connectivity index (χ0) is 13.2. The molecule has 2 N–H and O–H groups in total. The number of hydrogen-bond donors (Lipinski definition) is 2. The first-order valence-corrected chi connectivity index (χ1v) is 6.15. The topological polar surface area (TPSA) is 65.5 Å². The van der Waals surface area contributed by atoms with Crippen molar-refractivity contribution in [1.29, 1.82) is 0 Å². The number of amides is 1. The number of likely N-dealkylation sites (N-methyl/N-ethyl adjacent to an activating group) is 1. The lowest BCUT2D eigenvalue weighted by Gasteiger charge is -2.47. The molecule has 0 bridgehead atoms. The first-order chi connectivity index (χ1) is 8.55. The van der Waals surface area contributed by atoms with Crippen LogP contribution in [0, 0.1) is 0 Å². The predicted octanol–water partition coefficient (Wildman–Crippen LogP) is 1.00. The SMILES string of the molecule is CN(C)C1(CNC(=O)c2ncccc2O)CCC1. The van der Waals surface area contributed by atoms with E-state index in [1.54, 1.807) is 6.07 Å². The molecule has 5 heteroatoms. The molecule has 1 heterocycles. The van der Waals surface area contributed by atoms with Crippen molar-refractivity contribution in [3.8, 4) is 5.75 Å². The zero-order valence-corrected chi connectivity index (χ0v) is 10.8. The van der Waals surface area contributed by atoms with Crippen LogP contribution in [0.25, 0.3) is 0 Å². The maximum absolute atomic E-state index is 11.9. The molecule has 2 rings (SSSR count). The van der Waals surface area contributed by atoms with Crippen LogP contribution in [0.2, 0.25) is 0 Å². The fourth-order valence-electron chi connectivity index (χ4n) is 2.27. The fourth-order valence-corrected chi connectivity index (χ4v) is 2.27. The molecule has 0 unspecified atom stereocenters. The summed E-state index contributed by atoms with van der Waals surface area (Å²) in [6.07, 6.45) is 4.88. The summed E-state index contributed by atoms with van der Waals surface area (Å²) in [5, 5.41) is 12.4. The van der Waals surface area contributed by atoms with Crippen molar-refractivity contribution in [3.63, 3.8) is 0 Å². The molecule has 98 valence electrons. The Morgan fingerprint density at radius 3 is 2.78 bits per heavy atom. The van der Waals surface area contributed by atoms with E-state index in [2.05, 4.69) is 15.2 Å². The number of nitrogens with one attached hydrogen (secondary N) is 1. The number of aromatic nitrogens is 1. The van der Waals surface area contributed by atoms with Crippen LogP contribution in [-0.4, -0.2) is 47.1 Å². The van der Waals surface area contributed by atoms with Gasteiger partial charge in [0.05, 0.1) is 0 Å². The molecule has 5 nitrogen and oxygen atoms in total. The van der Waals surface area contributed by atoms with Crippen LogP contribution in [0.3, 0.4) is 0 Å². The number of carbonyl (C=O) groups is 1. The number of rotatable bonds is 4. The maximum Gasteiger partial charge on any atom is 0.273 e. The van der Waals surface area contributed by atoms with Crippen LogP contribution >= 0.6 is 0 Å². The van der Waals surface area contributed by atoms with Gasteiger partial charge in [-0.3, -0.25) is 4.79 Å². The summed E-state index contributed by atoms with van der Waals surface area (Å²) < 4.78 is 0. The first-order valence-electron chi connectivity index (χ1n) is 6.15. The lowest BCUT2D eigenvalue weighted by molar-refractivity contribution is 0.0555. The number of carbonyl (C=O) groups excluding carboxylic acids is 1. The molecular weight excluding hydrogens is 230 g/mol. The molecule has 1 saturated carbocycles. The normalized spacial score (nSPS) is 17.3. The number of hydrogen-bond acceptors (Lipinski definition) is 4. The van der Waals surface area contributed by atoms with Gasteiger partial charge in [-0.1, -0.05) is 0 Å². The van der Waals surface area contributed by atoms with E-state index in [-0.39, 0.29) is 22.9 Å². The van der Waals surface area contributed by atoms with Crippen molar-refractivity contribution >= 4 is 5.91 Å². The highest BCUT2D eigenvalue weighted by atomic mass is 16.3. The van der Waals surface area contributed by atoms with Gasteiger partial charge in [-0.2, -0.15) is 0 Å². The summed E-state index contributed by atoms with van der Waals surface area (Å²) in [6.45, 7) is 0.592. The summed E-state index contributed by atoms with van der Waals surface area (Å²) >= 11 is 0. The standard InChI is InChI=1S/C13H19N3O2/c1-16(2)13(6-4-7-13)9-15-12(18)11-10(17)5-3-8-14-11/h3,5,8,17H,4,6-7,9H2,1-2H3,(H,15,18). The molecule has 1 amide bonds. The van der Waals surface area contributed by atoms with Gasteiger partial charge in [0.1, 0.15) is 5.75 Å². The molecule has 1 aliphatic carbocycles. The van der Waals surface area contributed by atoms with Crippen molar-refractivity contribution in [2.24, 2.45) is 0 Å². The van der Waals surface area contributed by atoms with Crippen molar-refractivity contribution in [2.45, 2.75) is 24.8 Å². The Hall–Kier alpha value is -1.62. The third kappa shape index (κ3) is 2.31. The maximum atomic E-state index is 11.9. The molecule has 1 fully saturated rings. The molecule has 0 atom stereocenters. The smallest absolute Gasteiger partial charge is 0.273 e. The molecule has 0 radical (unpaired) electrons. The van der Waals surface area contributed by atoms with Crippen LogP contribution < -0.4 is 5.32 Å². The van der Waals surface area contributed by atoms with Crippen LogP contribution in [0.15, 0.2) is 18.3 Å². The Labute approximate surface area is 107 Å². The van der Waals surface area contributed by atoms with E-state index < -0.39 is 0 Å². The van der Waals surface area contributed by atoms with E-state index in [0.29, 0.717) is 6.54 Å². The third-order valence-corrected chi connectivity index (χ3v) is 3.81. The minimum atomic E-state index is -0.318. The molecule has 1 aliphatic rings. The Bertz CT molecular complexity index is 442. The molecule has 0 aliphatic heterocycles. The van der Waals surface area contributed by atoms with Crippen LogP contribution in [0.1, 0.15) is 29.8 Å². The highest BCUT2D eigenvalue weighted by molar-refractivity contribution is 5.94. The van der Waals surface area contributed by atoms with E-state index in [9.17, 15) is 9.90 Å². The summed E-state index contributed by atoms with van der Waals surface area (Å²) in [5.41, 5.74) is 0.158. The van der Waals surface area contributed by atoms with E-state index >= 15 is 0 Å². The van der Waals surface area contributed by atoms with Crippen LogP contribution in [-0.2, 0) is 0 Å². The van der Waals surface area contributed by atoms with Crippen molar-refractivity contribution in [2.75, 3.05) is 20.6 Å². The lowest BCUT2D eigenvalue weighted by Crippen LogP contribution is -2.57. The van der Waals surface area contributed by atoms with Gasteiger partial charge in [-0.15, -0.1) is 0 Å². The summed E-state index contributed by atoms with van der Waals surface area (Å²) in [6, 6.07) is 3.06. The third-order valence-electron chi connectivity index (χ3n) is 3.81. The van der Waals surface area contributed by atoms with Gasteiger partial charge in [0.2, 0.25) is 0 Å². The van der Waals surface area contributed by atoms with Gasteiger partial charge in [0, 0.05) is 18.3 Å². The summed E-state index contributed by atoms with van der Waals surface area (Å²) in [7, 11) is 4.06. The Morgan fingerprint density at radius 2 is 2.28 bits per heavy atom. The molecule has 0 spiro atoms. The summed E-state index contributed by atoms with van der Waals surface area (Å²) in [4.78, 5) is 18.0. The highest BCUT2D eigenvalue weighted by Crippen LogP contribution is 2.35. The second-order valence-electron chi connectivity index (χ2n) is 5.03. The van der Waals surface area contributed by atoms with Crippen molar-refractivity contribution in [3.05, 3.63) is 24.0 Å². The van der Waals surface area contributed by atoms with Crippen LogP contribution in [0.4, 0.5) is 0 Å². The van der Waals surface area contributed by atoms with Gasteiger partial charge in [-0.05, 0) is 45.5 Å². The molecular formula is C13H19N3O2. The van der Waals surface area contributed by atoms with E-state index in [1.807, 2.05) is 14.1 Å². The lowest BCUT2D eigenvalue weighted by atomic mass is 9.75. The van der Waals surface area contributed by atoms with Crippen LogP contribution in [0.5, 0.6) is 5.75 Å². The van der Waals surface area contributed by atoms with Gasteiger partial charge < -0.3 is 15.3 Å². The summed E-state index contributed by atoms with van der Waals surface area (Å²) in [5.74, 6) is -0.399. The second kappa shape index (κ2) is 4.94.